The van der Waals surface area contributed by atoms with E-state index in [1.165, 1.54) is 4.68 Å². The number of fused-ring (bicyclic) bond motifs is 1. The summed E-state index contributed by atoms with van der Waals surface area (Å²) in [6.45, 7) is 9.32. The third-order valence-corrected chi connectivity index (χ3v) is 4.59. The van der Waals surface area contributed by atoms with Crippen molar-refractivity contribution in [2.24, 2.45) is 0 Å². The Bertz CT molecular complexity index is 825. The summed E-state index contributed by atoms with van der Waals surface area (Å²) < 4.78 is 21.3. The summed E-state index contributed by atoms with van der Waals surface area (Å²) in [7, 11) is 0. The average Bonchev–Trinajstić information content (AvgIpc) is 2.81. The summed E-state index contributed by atoms with van der Waals surface area (Å²) >= 11 is 3.34. The van der Waals surface area contributed by atoms with Crippen molar-refractivity contribution in [1.82, 2.24) is 14.8 Å². The number of nitrogens with zero attached hydrogens (tertiary/aromatic N) is 3. The van der Waals surface area contributed by atoms with E-state index in [2.05, 4.69) is 32.6 Å². The van der Waals surface area contributed by atoms with Crippen molar-refractivity contribution in [3.63, 3.8) is 0 Å². The van der Waals surface area contributed by atoms with Gasteiger partial charge in [-0.05, 0) is 54.4 Å². The minimum atomic E-state index is -1.15. The zero-order chi connectivity index (χ0) is 17.6. The largest absolute Gasteiger partial charge is 0.461 e. The van der Waals surface area contributed by atoms with E-state index in [1.54, 1.807) is 19.9 Å². The Morgan fingerprint density at radius 3 is 2.71 bits per heavy atom. The lowest BCUT2D eigenvalue weighted by atomic mass is 9.75. The highest BCUT2D eigenvalue weighted by Gasteiger charge is 2.55. The monoisotopic (exact) mass is 395 g/mol. The first-order valence-corrected chi connectivity index (χ1v) is 8.60. The molecule has 2 aromatic heterocycles. The van der Waals surface area contributed by atoms with E-state index in [1.807, 2.05) is 13.0 Å². The zero-order valence-electron chi connectivity index (χ0n) is 13.8. The number of hydrogen-bond donors (Lipinski definition) is 0. The maximum Gasteiger partial charge on any atom is 0.334 e. The lowest BCUT2D eigenvalue weighted by Gasteiger charge is -2.42. The van der Waals surface area contributed by atoms with Gasteiger partial charge in [0.2, 0.25) is 0 Å². The number of aromatic nitrogens is 3. The number of ether oxygens (including phenoxy) is 1. The molecule has 1 aliphatic rings. The molecule has 7 heteroatoms. The van der Waals surface area contributed by atoms with Gasteiger partial charge >= 0.3 is 5.97 Å². The minimum Gasteiger partial charge on any atom is -0.461 e. The van der Waals surface area contributed by atoms with E-state index in [9.17, 15) is 9.18 Å². The minimum absolute atomic E-state index is 0.0408. The zero-order valence-corrected chi connectivity index (χ0v) is 15.4. The molecule has 1 saturated carbocycles. The van der Waals surface area contributed by atoms with Gasteiger partial charge in [0.25, 0.3) is 0 Å². The SMILES string of the molecule is C=C(C)c1nn(C2(C(=O)OC(C)C)CC(F)C2)c2nc(Br)ccc12. The average molecular weight is 396 g/mol. The van der Waals surface area contributed by atoms with E-state index >= 15 is 0 Å². The first kappa shape index (κ1) is 17.1. The molecule has 1 aliphatic carbocycles. The van der Waals surface area contributed by atoms with Crippen molar-refractivity contribution >= 4 is 38.5 Å². The van der Waals surface area contributed by atoms with Crippen molar-refractivity contribution in [3.8, 4) is 0 Å². The molecule has 5 nitrogen and oxygen atoms in total. The number of hydrogen-bond acceptors (Lipinski definition) is 4. The van der Waals surface area contributed by atoms with Crippen LogP contribution in [0, 0.1) is 0 Å². The van der Waals surface area contributed by atoms with Gasteiger partial charge in [-0.3, -0.25) is 0 Å². The van der Waals surface area contributed by atoms with Gasteiger partial charge in [0.15, 0.2) is 11.2 Å². The van der Waals surface area contributed by atoms with Crippen LogP contribution in [0.5, 0.6) is 0 Å². The fourth-order valence-electron chi connectivity index (χ4n) is 3.01. The highest BCUT2D eigenvalue weighted by atomic mass is 79.9. The number of halogens is 2. The van der Waals surface area contributed by atoms with Crippen LogP contribution in [0.4, 0.5) is 4.39 Å². The lowest BCUT2D eigenvalue weighted by molar-refractivity contribution is -0.168. The van der Waals surface area contributed by atoms with Crippen LogP contribution in [0.15, 0.2) is 23.3 Å². The van der Waals surface area contributed by atoms with Crippen molar-refractivity contribution in [2.45, 2.75) is 51.4 Å². The standard InChI is InChI=1S/C17H19BrFN3O2/c1-9(2)14-12-5-6-13(18)20-15(12)22(21-14)17(7-11(19)8-17)16(23)24-10(3)4/h5-6,10-11H,1,7-8H2,2-4H3. The number of allylic oxidation sites excluding steroid dienone is 1. The van der Waals surface area contributed by atoms with E-state index in [0.717, 1.165) is 11.0 Å². The van der Waals surface area contributed by atoms with E-state index in [0.29, 0.717) is 15.9 Å². The maximum atomic E-state index is 13.7. The summed E-state index contributed by atoms with van der Waals surface area (Å²) in [5, 5.41) is 5.34. The fraction of sp³-hybridized carbons (Fsp3) is 0.471. The number of esters is 1. The Kier molecular flexibility index (Phi) is 4.23. The van der Waals surface area contributed by atoms with Gasteiger partial charge in [0, 0.05) is 18.2 Å². The smallest absolute Gasteiger partial charge is 0.334 e. The summed E-state index contributed by atoms with van der Waals surface area (Å²) in [6.07, 6.45) is -1.25. The summed E-state index contributed by atoms with van der Waals surface area (Å²) in [6, 6.07) is 3.67. The molecule has 0 N–H and O–H groups in total. The molecule has 24 heavy (non-hydrogen) atoms. The summed E-state index contributed by atoms with van der Waals surface area (Å²) in [5.41, 5.74) is 0.786. The van der Waals surface area contributed by atoms with Gasteiger partial charge in [0.1, 0.15) is 10.8 Å². The summed E-state index contributed by atoms with van der Waals surface area (Å²) in [4.78, 5) is 17.2. The lowest BCUT2D eigenvalue weighted by Crippen LogP contribution is -2.55. The molecule has 0 amide bonds. The van der Waals surface area contributed by atoms with Crippen LogP contribution in [-0.4, -0.2) is 33.0 Å². The van der Waals surface area contributed by atoms with Crippen molar-refractivity contribution in [3.05, 3.63) is 29.0 Å². The molecule has 0 atom stereocenters. The first-order valence-electron chi connectivity index (χ1n) is 7.81. The van der Waals surface area contributed by atoms with Crippen LogP contribution < -0.4 is 0 Å². The molecule has 3 rings (SSSR count). The van der Waals surface area contributed by atoms with E-state index in [4.69, 9.17) is 4.74 Å². The number of alkyl halides is 1. The Balaban J connectivity index is 2.20. The molecule has 2 heterocycles. The Morgan fingerprint density at radius 1 is 1.50 bits per heavy atom. The molecular formula is C17H19BrFN3O2. The maximum absolute atomic E-state index is 13.7. The molecule has 0 aliphatic heterocycles. The summed E-state index contributed by atoms with van der Waals surface area (Å²) in [5.74, 6) is -0.467. The van der Waals surface area contributed by atoms with Gasteiger partial charge in [0.05, 0.1) is 11.8 Å². The van der Waals surface area contributed by atoms with Crippen LogP contribution in [0.1, 0.15) is 39.3 Å². The molecule has 0 unspecified atom stereocenters. The molecule has 0 bridgehead atoms. The molecule has 1 fully saturated rings. The third kappa shape index (κ3) is 2.64. The Morgan fingerprint density at radius 2 is 2.17 bits per heavy atom. The normalized spacial score (nSPS) is 23.3. The van der Waals surface area contributed by atoms with Crippen molar-refractivity contribution < 1.29 is 13.9 Å². The van der Waals surface area contributed by atoms with Gasteiger partial charge in [-0.2, -0.15) is 5.10 Å². The highest BCUT2D eigenvalue weighted by Crippen LogP contribution is 2.44. The molecule has 2 aromatic rings. The van der Waals surface area contributed by atoms with Gasteiger partial charge in [-0.1, -0.05) is 6.58 Å². The second kappa shape index (κ2) is 5.95. The number of carbonyl (C=O) groups excluding carboxylic acids is 1. The van der Waals surface area contributed by atoms with Crippen molar-refractivity contribution in [2.75, 3.05) is 0 Å². The second-order valence-corrected chi connectivity index (χ2v) is 7.35. The quantitative estimate of drug-likeness (QED) is 0.579. The first-order chi connectivity index (χ1) is 11.2. The predicted octanol–water partition coefficient (Wildman–Crippen LogP) is 4.01. The molecule has 0 aromatic carbocycles. The molecule has 0 radical (unpaired) electrons. The second-order valence-electron chi connectivity index (χ2n) is 6.54. The van der Waals surface area contributed by atoms with Crippen LogP contribution in [0.2, 0.25) is 0 Å². The highest BCUT2D eigenvalue weighted by molar-refractivity contribution is 9.10. The molecular weight excluding hydrogens is 377 g/mol. The predicted molar refractivity (Wildman–Crippen MR) is 93.3 cm³/mol. The van der Waals surface area contributed by atoms with E-state index in [-0.39, 0.29) is 18.9 Å². The molecule has 0 saturated heterocycles. The van der Waals surface area contributed by atoms with Gasteiger partial charge in [-0.15, -0.1) is 0 Å². The van der Waals surface area contributed by atoms with Crippen LogP contribution in [0.25, 0.3) is 16.6 Å². The van der Waals surface area contributed by atoms with Crippen LogP contribution >= 0.6 is 15.9 Å². The molecule has 0 spiro atoms. The van der Waals surface area contributed by atoms with Gasteiger partial charge < -0.3 is 4.74 Å². The topological polar surface area (TPSA) is 57.0 Å². The molecule has 128 valence electrons. The van der Waals surface area contributed by atoms with Gasteiger partial charge in [-0.25, -0.2) is 18.9 Å². The van der Waals surface area contributed by atoms with Crippen LogP contribution in [0.3, 0.4) is 0 Å². The fourth-order valence-corrected chi connectivity index (χ4v) is 3.31. The number of carbonyl (C=O) groups is 1. The van der Waals surface area contributed by atoms with E-state index < -0.39 is 17.7 Å². The number of rotatable bonds is 4. The van der Waals surface area contributed by atoms with Crippen molar-refractivity contribution in [1.29, 1.82) is 0 Å². The Hall–Kier alpha value is -1.76. The number of pyridine rings is 1. The van der Waals surface area contributed by atoms with Crippen LogP contribution in [-0.2, 0) is 15.1 Å². The Labute approximate surface area is 148 Å². The third-order valence-electron chi connectivity index (χ3n) is 4.15.